The molecule has 1 heterocycles. The Balaban J connectivity index is 2.30. The van der Waals surface area contributed by atoms with Crippen LogP contribution in [0, 0.1) is 12.7 Å². The average molecular weight is 360 g/mol. The van der Waals surface area contributed by atoms with E-state index in [9.17, 15) is 9.18 Å². The number of aryl methyl sites for hydroxylation is 2. The number of hydrogen-bond acceptors (Lipinski definition) is 2. The maximum atomic E-state index is 13.5. The first-order valence-electron chi connectivity index (χ1n) is 6.14. The summed E-state index contributed by atoms with van der Waals surface area (Å²) < 4.78 is 15.5. The Kier molecular flexibility index (Phi) is 4.60. The van der Waals surface area contributed by atoms with E-state index in [1.165, 1.54) is 12.1 Å². The van der Waals surface area contributed by atoms with Gasteiger partial charge in [0.25, 0.3) is 0 Å². The maximum Gasteiger partial charge on any atom is 0.168 e. The molecule has 0 radical (unpaired) electrons. The molecule has 0 atom stereocenters. The molecule has 0 N–H and O–H groups in total. The van der Waals surface area contributed by atoms with Crippen molar-refractivity contribution in [3.05, 3.63) is 50.5 Å². The predicted molar refractivity (Wildman–Crippen MR) is 79.8 cm³/mol. The van der Waals surface area contributed by atoms with Gasteiger partial charge in [-0.2, -0.15) is 5.10 Å². The first-order chi connectivity index (χ1) is 9.43. The van der Waals surface area contributed by atoms with Crippen molar-refractivity contribution in [3.8, 4) is 0 Å². The van der Waals surface area contributed by atoms with Gasteiger partial charge in [-0.15, -0.1) is 0 Å². The van der Waals surface area contributed by atoms with E-state index in [1.807, 2.05) is 6.92 Å². The molecule has 3 nitrogen and oxygen atoms in total. The Morgan fingerprint density at radius 3 is 2.80 bits per heavy atom. The molecule has 0 amide bonds. The fourth-order valence-corrected chi connectivity index (χ4v) is 2.41. The monoisotopic (exact) mass is 358 g/mol. The number of carbonyl (C=O) groups is 1. The van der Waals surface area contributed by atoms with Crippen molar-refractivity contribution in [1.82, 2.24) is 9.78 Å². The van der Waals surface area contributed by atoms with E-state index in [4.69, 9.17) is 11.6 Å². The van der Waals surface area contributed by atoms with Gasteiger partial charge in [0.05, 0.1) is 27.3 Å². The summed E-state index contributed by atoms with van der Waals surface area (Å²) in [6, 6.07) is 4.33. The van der Waals surface area contributed by atoms with Gasteiger partial charge in [-0.1, -0.05) is 17.7 Å². The summed E-state index contributed by atoms with van der Waals surface area (Å²) in [5.74, 6) is -0.643. The number of hydrogen-bond donors (Lipinski definition) is 0. The number of rotatable bonds is 4. The fraction of sp³-hybridized carbons (Fsp3) is 0.286. The van der Waals surface area contributed by atoms with E-state index < -0.39 is 5.82 Å². The lowest BCUT2D eigenvalue weighted by atomic mass is 10.1. The molecule has 0 unspecified atom stereocenters. The predicted octanol–water partition coefficient (Wildman–Crippen LogP) is 4.19. The quantitative estimate of drug-likeness (QED) is 0.767. The van der Waals surface area contributed by atoms with Crippen molar-refractivity contribution in [3.63, 3.8) is 0 Å². The number of nitrogens with zero attached hydrogens (tertiary/aromatic N) is 2. The van der Waals surface area contributed by atoms with Crippen LogP contribution in [0.15, 0.2) is 22.7 Å². The van der Waals surface area contributed by atoms with Gasteiger partial charge in [-0.3, -0.25) is 9.48 Å². The van der Waals surface area contributed by atoms with Gasteiger partial charge in [-0.05, 0) is 41.9 Å². The average Bonchev–Trinajstić information content (AvgIpc) is 2.69. The SMILES string of the molecule is CCn1nc(C)c(Cl)c1CC(=O)c1ccc(Br)c(F)c1. The lowest BCUT2D eigenvalue weighted by Crippen LogP contribution is -2.10. The van der Waals surface area contributed by atoms with Crippen molar-refractivity contribution in [1.29, 1.82) is 0 Å². The van der Waals surface area contributed by atoms with Crippen LogP contribution in [-0.4, -0.2) is 15.6 Å². The molecule has 0 spiro atoms. The third-order valence-electron chi connectivity index (χ3n) is 3.02. The van der Waals surface area contributed by atoms with Crippen LogP contribution in [0.2, 0.25) is 5.02 Å². The molecule has 106 valence electrons. The minimum Gasteiger partial charge on any atom is -0.294 e. The lowest BCUT2D eigenvalue weighted by molar-refractivity contribution is 0.0990. The second-order valence-corrected chi connectivity index (χ2v) is 5.62. The summed E-state index contributed by atoms with van der Waals surface area (Å²) in [7, 11) is 0. The van der Waals surface area contributed by atoms with Gasteiger partial charge in [0, 0.05) is 12.1 Å². The molecular weight excluding hydrogens is 347 g/mol. The standard InChI is InChI=1S/C14H13BrClFN2O/c1-3-19-12(14(16)8(2)18-19)7-13(20)9-4-5-10(15)11(17)6-9/h4-6H,3,7H2,1-2H3. The molecule has 0 aliphatic heterocycles. The first kappa shape index (κ1) is 15.2. The summed E-state index contributed by atoms with van der Waals surface area (Å²) in [5.41, 5.74) is 1.68. The smallest absolute Gasteiger partial charge is 0.168 e. The maximum absolute atomic E-state index is 13.5. The van der Waals surface area contributed by atoms with Crippen molar-refractivity contribution >= 4 is 33.3 Å². The van der Waals surface area contributed by atoms with Crippen molar-refractivity contribution < 1.29 is 9.18 Å². The topological polar surface area (TPSA) is 34.9 Å². The largest absolute Gasteiger partial charge is 0.294 e. The summed E-state index contributed by atoms with van der Waals surface area (Å²) >= 11 is 9.23. The first-order valence-corrected chi connectivity index (χ1v) is 7.31. The molecule has 20 heavy (non-hydrogen) atoms. The highest BCUT2D eigenvalue weighted by Crippen LogP contribution is 2.23. The lowest BCUT2D eigenvalue weighted by Gasteiger charge is -2.05. The van der Waals surface area contributed by atoms with E-state index in [0.29, 0.717) is 33.0 Å². The van der Waals surface area contributed by atoms with Crippen LogP contribution in [0.1, 0.15) is 28.7 Å². The highest BCUT2D eigenvalue weighted by atomic mass is 79.9. The van der Waals surface area contributed by atoms with Crippen molar-refractivity contribution in [2.45, 2.75) is 26.8 Å². The zero-order valence-electron chi connectivity index (χ0n) is 11.1. The van der Waals surface area contributed by atoms with E-state index in [1.54, 1.807) is 17.7 Å². The Morgan fingerprint density at radius 2 is 2.20 bits per heavy atom. The van der Waals surface area contributed by atoms with Gasteiger partial charge < -0.3 is 0 Å². The van der Waals surface area contributed by atoms with E-state index in [-0.39, 0.29) is 12.2 Å². The molecule has 0 bridgehead atoms. The Morgan fingerprint density at radius 1 is 1.50 bits per heavy atom. The van der Waals surface area contributed by atoms with E-state index in [0.717, 1.165) is 0 Å². The van der Waals surface area contributed by atoms with Crippen LogP contribution in [0.5, 0.6) is 0 Å². The Labute approximate surface area is 129 Å². The Bertz CT molecular complexity index is 669. The molecule has 2 aromatic rings. The van der Waals surface area contributed by atoms with Gasteiger partial charge >= 0.3 is 0 Å². The molecule has 0 saturated carbocycles. The van der Waals surface area contributed by atoms with E-state index >= 15 is 0 Å². The molecule has 0 aliphatic carbocycles. The van der Waals surface area contributed by atoms with Crippen LogP contribution >= 0.6 is 27.5 Å². The summed E-state index contributed by atoms with van der Waals surface area (Å²) in [6.45, 7) is 4.35. The molecule has 1 aromatic heterocycles. The number of halogens is 3. The zero-order valence-corrected chi connectivity index (χ0v) is 13.4. The number of aromatic nitrogens is 2. The molecular formula is C14H13BrClFN2O. The van der Waals surface area contributed by atoms with Gasteiger partial charge in [-0.25, -0.2) is 4.39 Å². The number of benzene rings is 1. The van der Waals surface area contributed by atoms with Crippen LogP contribution in [0.4, 0.5) is 4.39 Å². The third kappa shape index (κ3) is 2.94. The highest BCUT2D eigenvalue weighted by molar-refractivity contribution is 9.10. The van der Waals surface area contributed by atoms with Crippen LogP contribution in [0.3, 0.4) is 0 Å². The summed E-state index contributed by atoms with van der Waals surface area (Å²) in [6.07, 6.45) is 0.106. The molecule has 0 saturated heterocycles. The van der Waals surface area contributed by atoms with Crippen LogP contribution < -0.4 is 0 Å². The normalized spacial score (nSPS) is 10.8. The Hall–Kier alpha value is -1.20. The molecule has 0 fully saturated rings. The summed E-state index contributed by atoms with van der Waals surface area (Å²) in [4.78, 5) is 12.2. The minimum atomic E-state index is -0.456. The molecule has 2 rings (SSSR count). The van der Waals surface area contributed by atoms with Crippen molar-refractivity contribution in [2.24, 2.45) is 0 Å². The fourth-order valence-electron chi connectivity index (χ4n) is 1.96. The van der Waals surface area contributed by atoms with Gasteiger partial charge in [0.2, 0.25) is 0 Å². The highest BCUT2D eigenvalue weighted by Gasteiger charge is 2.17. The minimum absolute atomic E-state index is 0.106. The zero-order chi connectivity index (χ0) is 14.9. The third-order valence-corrected chi connectivity index (χ3v) is 4.16. The number of carbonyl (C=O) groups excluding carboxylic acids is 1. The molecule has 6 heteroatoms. The molecule has 0 aliphatic rings. The molecule has 1 aromatic carbocycles. The number of Topliss-reactive ketones (excluding diaryl/α,β-unsaturated/α-hetero) is 1. The number of ketones is 1. The van der Waals surface area contributed by atoms with Gasteiger partial charge in [0.1, 0.15) is 5.82 Å². The van der Waals surface area contributed by atoms with Crippen LogP contribution in [0.25, 0.3) is 0 Å². The second-order valence-electron chi connectivity index (χ2n) is 4.39. The van der Waals surface area contributed by atoms with Crippen LogP contribution in [-0.2, 0) is 13.0 Å². The van der Waals surface area contributed by atoms with Gasteiger partial charge in [0.15, 0.2) is 5.78 Å². The van der Waals surface area contributed by atoms with E-state index in [2.05, 4.69) is 21.0 Å². The second kappa shape index (κ2) is 6.06. The summed E-state index contributed by atoms with van der Waals surface area (Å²) in [5, 5.41) is 4.76. The van der Waals surface area contributed by atoms with Crippen molar-refractivity contribution in [2.75, 3.05) is 0 Å².